The number of hydrogen-bond acceptors (Lipinski definition) is 8. The van der Waals surface area contributed by atoms with Crippen LogP contribution in [0, 0.1) is 11.6 Å². The number of morpholine rings is 1. The molecule has 13 heteroatoms. The molecule has 180 valence electrons. The van der Waals surface area contributed by atoms with Crippen LogP contribution in [0.3, 0.4) is 0 Å². The first-order valence-electron chi connectivity index (χ1n) is 10.4. The molecule has 1 fully saturated rings. The Balaban J connectivity index is 1.40. The van der Waals surface area contributed by atoms with E-state index >= 15 is 0 Å². The first kappa shape index (κ1) is 23.6. The Bertz CT molecular complexity index is 1170. The third-order valence-electron chi connectivity index (χ3n) is 5.10. The monoisotopic (exact) mass is 493 g/mol. The second kappa shape index (κ2) is 10.6. The van der Waals surface area contributed by atoms with Crippen molar-refractivity contribution in [3.8, 4) is 5.75 Å². The lowest BCUT2D eigenvalue weighted by Crippen LogP contribution is -2.42. The summed E-state index contributed by atoms with van der Waals surface area (Å²) in [5.41, 5.74) is 0.336. The highest BCUT2D eigenvalue weighted by molar-refractivity contribution is 6.32. The molecule has 34 heavy (non-hydrogen) atoms. The normalized spacial score (nSPS) is 13.6. The summed E-state index contributed by atoms with van der Waals surface area (Å²) >= 11 is 6.14. The van der Waals surface area contributed by atoms with Crippen LogP contribution in [0.25, 0.3) is 0 Å². The van der Waals surface area contributed by atoms with Crippen molar-refractivity contribution in [1.29, 1.82) is 0 Å². The van der Waals surface area contributed by atoms with Gasteiger partial charge in [0.05, 0.1) is 38.4 Å². The number of ether oxygens (including phenoxy) is 2. The zero-order valence-electron chi connectivity index (χ0n) is 18.2. The van der Waals surface area contributed by atoms with E-state index in [1.165, 1.54) is 30.3 Å². The van der Waals surface area contributed by atoms with Gasteiger partial charge in [-0.3, -0.25) is 9.48 Å². The smallest absolute Gasteiger partial charge is 0.244 e. The molecule has 0 unspecified atom stereocenters. The van der Waals surface area contributed by atoms with E-state index < -0.39 is 11.6 Å². The van der Waals surface area contributed by atoms with Crippen LogP contribution in [0.5, 0.6) is 5.75 Å². The SMILES string of the molecule is COc1ccc(F)c(CNc2nc(Nc3cnn(CC(=O)N4CCOCC4)c3)ncc2Cl)c1F. The van der Waals surface area contributed by atoms with Crippen LogP contribution < -0.4 is 15.4 Å². The van der Waals surface area contributed by atoms with Gasteiger partial charge in [-0.15, -0.1) is 0 Å². The van der Waals surface area contributed by atoms with Gasteiger partial charge < -0.3 is 25.0 Å². The molecular weight excluding hydrogens is 472 g/mol. The van der Waals surface area contributed by atoms with Gasteiger partial charge in [0.15, 0.2) is 17.4 Å². The van der Waals surface area contributed by atoms with Gasteiger partial charge in [-0.2, -0.15) is 10.1 Å². The molecule has 1 aliphatic heterocycles. The van der Waals surface area contributed by atoms with E-state index in [2.05, 4.69) is 25.7 Å². The van der Waals surface area contributed by atoms with E-state index in [0.717, 1.165) is 6.07 Å². The number of benzene rings is 1. The van der Waals surface area contributed by atoms with Crippen LogP contribution in [0.2, 0.25) is 5.02 Å². The van der Waals surface area contributed by atoms with Crippen LogP contribution in [-0.2, 0) is 22.6 Å². The fourth-order valence-corrected chi connectivity index (χ4v) is 3.47. The predicted molar refractivity (Wildman–Crippen MR) is 120 cm³/mol. The third kappa shape index (κ3) is 5.51. The number of amides is 1. The van der Waals surface area contributed by atoms with E-state index in [0.29, 0.717) is 32.0 Å². The number of aromatic nitrogens is 4. The van der Waals surface area contributed by atoms with Crippen LogP contribution in [0.15, 0.2) is 30.7 Å². The first-order valence-corrected chi connectivity index (χ1v) is 10.7. The van der Waals surface area contributed by atoms with Crippen molar-refractivity contribution < 1.29 is 23.0 Å². The lowest BCUT2D eigenvalue weighted by Gasteiger charge is -2.26. The molecule has 1 saturated heterocycles. The zero-order chi connectivity index (χ0) is 24.1. The molecule has 0 bridgehead atoms. The van der Waals surface area contributed by atoms with Crippen LogP contribution in [0.1, 0.15) is 5.56 Å². The molecule has 3 aromatic rings. The second-order valence-electron chi connectivity index (χ2n) is 7.33. The van der Waals surface area contributed by atoms with Crippen molar-refractivity contribution in [3.63, 3.8) is 0 Å². The van der Waals surface area contributed by atoms with Crippen molar-refractivity contribution in [1.82, 2.24) is 24.6 Å². The van der Waals surface area contributed by atoms with Crippen LogP contribution in [0.4, 0.5) is 26.2 Å². The van der Waals surface area contributed by atoms with E-state index in [-0.39, 0.29) is 47.1 Å². The third-order valence-corrected chi connectivity index (χ3v) is 5.37. The number of nitrogens with one attached hydrogen (secondary N) is 2. The number of carbonyl (C=O) groups is 1. The van der Waals surface area contributed by atoms with Crippen LogP contribution >= 0.6 is 11.6 Å². The Kier molecular flexibility index (Phi) is 7.38. The maximum Gasteiger partial charge on any atom is 0.244 e. The van der Waals surface area contributed by atoms with Crippen molar-refractivity contribution in [2.45, 2.75) is 13.1 Å². The fraction of sp³-hybridized carbons (Fsp3) is 0.333. The molecule has 1 amide bonds. The molecule has 0 spiro atoms. The molecule has 3 heterocycles. The summed E-state index contributed by atoms with van der Waals surface area (Å²) in [7, 11) is 1.30. The maximum atomic E-state index is 14.4. The number of carbonyl (C=O) groups excluding carboxylic acids is 1. The van der Waals surface area contributed by atoms with E-state index in [4.69, 9.17) is 21.1 Å². The molecule has 0 atom stereocenters. The Morgan fingerprint density at radius 3 is 2.82 bits per heavy atom. The lowest BCUT2D eigenvalue weighted by atomic mass is 10.2. The second-order valence-corrected chi connectivity index (χ2v) is 7.74. The molecular formula is C21H22ClF2N7O3. The van der Waals surface area contributed by atoms with E-state index in [9.17, 15) is 13.6 Å². The number of methoxy groups -OCH3 is 1. The summed E-state index contributed by atoms with van der Waals surface area (Å²) in [4.78, 5) is 22.5. The lowest BCUT2D eigenvalue weighted by molar-refractivity contribution is -0.136. The van der Waals surface area contributed by atoms with Gasteiger partial charge in [0, 0.05) is 31.4 Å². The van der Waals surface area contributed by atoms with Crippen molar-refractivity contribution in [2.24, 2.45) is 0 Å². The van der Waals surface area contributed by atoms with Gasteiger partial charge >= 0.3 is 0 Å². The number of hydrogen-bond donors (Lipinski definition) is 2. The Morgan fingerprint density at radius 1 is 1.26 bits per heavy atom. The highest BCUT2D eigenvalue weighted by Crippen LogP contribution is 2.26. The quantitative estimate of drug-likeness (QED) is 0.493. The van der Waals surface area contributed by atoms with E-state index in [1.54, 1.807) is 11.1 Å². The van der Waals surface area contributed by atoms with Crippen LogP contribution in [-0.4, -0.2) is 64.0 Å². The van der Waals surface area contributed by atoms with Crippen molar-refractivity contribution in [2.75, 3.05) is 44.0 Å². The van der Waals surface area contributed by atoms with Gasteiger partial charge in [-0.05, 0) is 12.1 Å². The molecule has 2 N–H and O–H groups in total. The van der Waals surface area contributed by atoms with Gasteiger partial charge in [0.2, 0.25) is 11.9 Å². The number of halogens is 3. The fourth-order valence-electron chi connectivity index (χ4n) is 3.31. The topological polar surface area (TPSA) is 106 Å². The minimum absolute atomic E-state index is 0.0517. The standard InChI is InChI=1S/C21H22ClF2N7O3/c1-33-17-3-2-16(23)14(19(17)24)9-25-20-15(22)10-26-21(29-20)28-13-8-27-31(11-13)12-18(32)30-4-6-34-7-5-30/h2-3,8,10-11H,4-7,9,12H2,1H3,(H2,25,26,28,29). The summed E-state index contributed by atoms with van der Waals surface area (Å²) in [5.74, 6) is -1.30. The molecule has 2 aromatic heterocycles. The highest BCUT2D eigenvalue weighted by Gasteiger charge is 2.18. The molecule has 10 nitrogen and oxygen atoms in total. The molecule has 1 aliphatic rings. The summed E-state index contributed by atoms with van der Waals surface area (Å²) in [5, 5.41) is 10.1. The van der Waals surface area contributed by atoms with Gasteiger partial charge in [-0.1, -0.05) is 11.6 Å². The van der Waals surface area contributed by atoms with Gasteiger partial charge in [0.1, 0.15) is 17.4 Å². The highest BCUT2D eigenvalue weighted by atomic mass is 35.5. The van der Waals surface area contributed by atoms with Crippen molar-refractivity contribution >= 4 is 35.0 Å². The first-order chi connectivity index (χ1) is 16.4. The number of nitrogens with zero attached hydrogens (tertiary/aromatic N) is 5. The molecule has 1 aromatic carbocycles. The predicted octanol–water partition coefficient (Wildman–Crippen LogP) is 2.83. The molecule has 0 radical (unpaired) electrons. The average molecular weight is 494 g/mol. The summed E-state index contributed by atoms with van der Waals surface area (Å²) in [6.07, 6.45) is 4.52. The Hall–Kier alpha value is -3.51. The number of anilines is 3. The molecule has 4 rings (SSSR count). The minimum atomic E-state index is -0.808. The summed E-state index contributed by atoms with van der Waals surface area (Å²) in [6.45, 7) is 2.05. The average Bonchev–Trinajstić information content (AvgIpc) is 3.28. The Morgan fingerprint density at radius 2 is 2.06 bits per heavy atom. The van der Waals surface area contributed by atoms with Gasteiger partial charge in [0.25, 0.3) is 0 Å². The van der Waals surface area contributed by atoms with Gasteiger partial charge in [-0.25, -0.2) is 13.8 Å². The minimum Gasteiger partial charge on any atom is -0.494 e. The maximum absolute atomic E-state index is 14.4. The zero-order valence-corrected chi connectivity index (χ0v) is 19.0. The summed E-state index contributed by atoms with van der Waals surface area (Å²) in [6, 6.07) is 2.33. The van der Waals surface area contributed by atoms with Crippen molar-refractivity contribution in [3.05, 3.63) is 52.9 Å². The summed E-state index contributed by atoms with van der Waals surface area (Å²) < 4.78 is 40.1. The molecule has 0 aliphatic carbocycles. The Labute approximate surface area is 198 Å². The largest absolute Gasteiger partial charge is 0.494 e. The molecule has 0 saturated carbocycles. The number of rotatable bonds is 8. The van der Waals surface area contributed by atoms with E-state index in [1.807, 2.05) is 0 Å².